The third kappa shape index (κ3) is 3.44. The first kappa shape index (κ1) is 14.3. The number of nitrogens with zero attached hydrogens (tertiary/aromatic N) is 2. The third-order valence-electron chi connectivity index (χ3n) is 3.17. The number of hydrogen-bond acceptors (Lipinski definition) is 2. The van der Waals surface area contributed by atoms with Crippen LogP contribution in [-0.4, -0.2) is 17.9 Å². The minimum absolute atomic E-state index is 0.00167. The Morgan fingerprint density at radius 3 is 2.55 bits per heavy atom. The van der Waals surface area contributed by atoms with Crippen LogP contribution < -0.4 is 4.90 Å². The third-order valence-corrected chi connectivity index (χ3v) is 3.17. The minimum atomic E-state index is 0.00167. The summed E-state index contributed by atoms with van der Waals surface area (Å²) in [6.45, 7) is 4.36. The summed E-state index contributed by atoms with van der Waals surface area (Å²) < 4.78 is 0. The van der Waals surface area contributed by atoms with Crippen molar-refractivity contribution in [2.45, 2.75) is 20.3 Å². The summed E-state index contributed by atoms with van der Waals surface area (Å²) in [7, 11) is 1.78. The van der Waals surface area contributed by atoms with Crippen LogP contribution in [0.15, 0.2) is 48.8 Å². The Labute approximate surface area is 120 Å². The van der Waals surface area contributed by atoms with Gasteiger partial charge in [0.25, 0.3) is 5.91 Å². The van der Waals surface area contributed by atoms with Gasteiger partial charge in [0.2, 0.25) is 0 Å². The highest BCUT2D eigenvalue weighted by atomic mass is 16.2. The van der Waals surface area contributed by atoms with E-state index in [0.29, 0.717) is 5.92 Å². The molecular formula is C17H20N2O. The van der Waals surface area contributed by atoms with Crippen molar-refractivity contribution in [3.8, 4) is 0 Å². The Kier molecular flexibility index (Phi) is 4.51. The first-order chi connectivity index (χ1) is 9.58. The summed E-state index contributed by atoms with van der Waals surface area (Å²) in [5.41, 5.74) is 2.77. The largest absolute Gasteiger partial charge is 0.311 e. The van der Waals surface area contributed by atoms with Gasteiger partial charge in [-0.3, -0.25) is 9.78 Å². The first-order valence-corrected chi connectivity index (χ1v) is 6.85. The van der Waals surface area contributed by atoms with Crippen LogP contribution in [0.25, 0.3) is 0 Å². The van der Waals surface area contributed by atoms with E-state index in [-0.39, 0.29) is 5.91 Å². The first-order valence-electron chi connectivity index (χ1n) is 6.85. The zero-order valence-corrected chi connectivity index (χ0v) is 12.2. The van der Waals surface area contributed by atoms with Crippen molar-refractivity contribution in [1.82, 2.24) is 4.98 Å². The van der Waals surface area contributed by atoms with Gasteiger partial charge in [0.1, 0.15) is 0 Å². The summed E-state index contributed by atoms with van der Waals surface area (Å²) in [6, 6.07) is 11.5. The molecule has 1 aromatic heterocycles. The van der Waals surface area contributed by atoms with Crippen LogP contribution >= 0.6 is 0 Å². The van der Waals surface area contributed by atoms with Crippen LogP contribution in [0.4, 0.5) is 5.69 Å². The van der Waals surface area contributed by atoms with Gasteiger partial charge in [-0.05, 0) is 42.2 Å². The maximum atomic E-state index is 12.5. The number of rotatable bonds is 4. The van der Waals surface area contributed by atoms with E-state index in [1.54, 1.807) is 24.3 Å². The van der Waals surface area contributed by atoms with E-state index in [9.17, 15) is 4.79 Å². The highest BCUT2D eigenvalue weighted by molar-refractivity contribution is 6.05. The van der Waals surface area contributed by atoms with Gasteiger partial charge in [0.15, 0.2) is 0 Å². The fourth-order valence-electron chi connectivity index (χ4n) is 2.18. The van der Waals surface area contributed by atoms with Crippen LogP contribution in [0, 0.1) is 5.92 Å². The van der Waals surface area contributed by atoms with E-state index in [1.165, 1.54) is 5.56 Å². The molecule has 0 saturated carbocycles. The van der Waals surface area contributed by atoms with Gasteiger partial charge in [-0.2, -0.15) is 0 Å². The molecular weight excluding hydrogens is 248 g/mol. The lowest BCUT2D eigenvalue weighted by Crippen LogP contribution is -2.26. The van der Waals surface area contributed by atoms with Crippen molar-refractivity contribution >= 4 is 11.6 Å². The van der Waals surface area contributed by atoms with Gasteiger partial charge in [0, 0.05) is 30.7 Å². The number of benzene rings is 1. The van der Waals surface area contributed by atoms with Gasteiger partial charge < -0.3 is 4.90 Å². The van der Waals surface area contributed by atoms with Gasteiger partial charge in [0.05, 0.1) is 0 Å². The molecule has 1 heterocycles. The van der Waals surface area contributed by atoms with Crippen molar-refractivity contribution in [2.75, 3.05) is 11.9 Å². The van der Waals surface area contributed by atoms with Crippen LogP contribution in [0.5, 0.6) is 0 Å². The highest BCUT2D eigenvalue weighted by Gasteiger charge is 2.13. The molecule has 0 bridgehead atoms. The van der Waals surface area contributed by atoms with Crippen LogP contribution in [0.1, 0.15) is 29.8 Å². The molecule has 3 nitrogen and oxygen atoms in total. The van der Waals surface area contributed by atoms with E-state index >= 15 is 0 Å². The summed E-state index contributed by atoms with van der Waals surface area (Å²) in [5, 5.41) is 0. The lowest BCUT2D eigenvalue weighted by Gasteiger charge is -2.17. The van der Waals surface area contributed by atoms with Crippen molar-refractivity contribution in [3.63, 3.8) is 0 Å². The molecule has 0 atom stereocenters. The quantitative estimate of drug-likeness (QED) is 0.849. The van der Waals surface area contributed by atoms with Gasteiger partial charge in [-0.25, -0.2) is 0 Å². The Bertz CT molecular complexity index is 579. The molecule has 0 spiro atoms. The van der Waals surface area contributed by atoms with E-state index in [1.807, 2.05) is 30.3 Å². The average Bonchev–Trinajstić information content (AvgIpc) is 2.46. The zero-order chi connectivity index (χ0) is 14.5. The van der Waals surface area contributed by atoms with Gasteiger partial charge >= 0.3 is 0 Å². The second kappa shape index (κ2) is 6.33. The monoisotopic (exact) mass is 268 g/mol. The Hall–Kier alpha value is -2.16. The molecule has 104 valence electrons. The summed E-state index contributed by atoms with van der Waals surface area (Å²) in [4.78, 5) is 18.1. The molecule has 1 amide bonds. The molecule has 0 radical (unpaired) electrons. The predicted octanol–water partition coefficient (Wildman–Crippen LogP) is 3.56. The Morgan fingerprint density at radius 1 is 1.20 bits per heavy atom. The second-order valence-corrected chi connectivity index (χ2v) is 5.37. The highest BCUT2D eigenvalue weighted by Crippen LogP contribution is 2.16. The molecule has 2 aromatic rings. The fourth-order valence-corrected chi connectivity index (χ4v) is 2.18. The summed E-state index contributed by atoms with van der Waals surface area (Å²) in [5.74, 6) is 0.583. The van der Waals surface area contributed by atoms with Crippen molar-refractivity contribution in [2.24, 2.45) is 5.92 Å². The smallest absolute Gasteiger partial charge is 0.258 e. The van der Waals surface area contributed by atoms with Crippen LogP contribution in [0.2, 0.25) is 0 Å². The summed E-state index contributed by atoms with van der Waals surface area (Å²) >= 11 is 0. The van der Waals surface area contributed by atoms with Crippen molar-refractivity contribution in [1.29, 1.82) is 0 Å². The number of carbonyl (C=O) groups excluding carboxylic acids is 1. The Balaban J connectivity index is 2.21. The van der Waals surface area contributed by atoms with Gasteiger partial charge in [-0.15, -0.1) is 0 Å². The second-order valence-electron chi connectivity index (χ2n) is 5.37. The number of aromatic nitrogens is 1. The molecule has 20 heavy (non-hydrogen) atoms. The maximum Gasteiger partial charge on any atom is 0.258 e. The summed E-state index contributed by atoms with van der Waals surface area (Å²) in [6.07, 6.45) is 4.36. The average molecular weight is 268 g/mol. The number of hydrogen-bond donors (Lipinski definition) is 0. The zero-order valence-electron chi connectivity index (χ0n) is 12.2. The minimum Gasteiger partial charge on any atom is -0.311 e. The van der Waals surface area contributed by atoms with E-state index in [4.69, 9.17) is 0 Å². The normalized spacial score (nSPS) is 10.6. The molecule has 0 aliphatic carbocycles. The molecule has 0 fully saturated rings. The number of anilines is 1. The van der Waals surface area contributed by atoms with Gasteiger partial charge in [-0.1, -0.05) is 26.0 Å². The van der Waals surface area contributed by atoms with Crippen molar-refractivity contribution < 1.29 is 4.79 Å². The van der Waals surface area contributed by atoms with E-state index in [2.05, 4.69) is 24.9 Å². The standard InChI is InChI=1S/C17H20N2O/c1-13(2)11-14-5-4-6-15(12-14)17(20)19(3)16-7-9-18-10-8-16/h4-10,12-13H,11H2,1-3H3. The fraction of sp³-hybridized carbons (Fsp3) is 0.294. The molecule has 0 saturated heterocycles. The number of pyridine rings is 1. The van der Waals surface area contributed by atoms with Crippen molar-refractivity contribution in [3.05, 3.63) is 59.9 Å². The number of carbonyl (C=O) groups is 1. The number of amides is 1. The Morgan fingerprint density at radius 2 is 1.90 bits per heavy atom. The molecule has 3 heteroatoms. The maximum absolute atomic E-state index is 12.5. The predicted molar refractivity (Wildman–Crippen MR) is 82.0 cm³/mol. The molecule has 0 N–H and O–H groups in total. The topological polar surface area (TPSA) is 33.2 Å². The SMILES string of the molecule is CC(C)Cc1cccc(C(=O)N(C)c2ccncc2)c1. The lowest BCUT2D eigenvalue weighted by atomic mass is 10.0. The molecule has 0 aliphatic heterocycles. The van der Waals surface area contributed by atoms with E-state index in [0.717, 1.165) is 17.7 Å². The van der Waals surface area contributed by atoms with Crippen LogP contribution in [-0.2, 0) is 6.42 Å². The molecule has 2 rings (SSSR count). The van der Waals surface area contributed by atoms with E-state index < -0.39 is 0 Å². The molecule has 1 aromatic carbocycles. The van der Waals surface area contributed by atoms with Crippen LogP contribution in [0.3, 0.4) is 0 Å². The lowest BCUT2D eigenvalue weighted by molar-refractivity contribution is 0.0993. The molecule has 0 unspecified atom stereocenters. The molecule has 0 aliphatic rings.